The molecule has 3 aliphatic rings. The lowest BCUT2D eigenvalue weighted by atomic mass is 9.76. The maximum atomic E-state index is 7.47. The van der Waals surface area contributed by atoms with Crippen LogP contribution in [0, 0.1) is 0 Å². The highest BCUT2D eigenvalue weighted by atomic mass is 16.3. The summed E-state index contributed by atoms with van der Waals surface area (Å²) in [5.74, 6) is 0. The predicted molar refractivity (Wildman–Crippen MR) is 272 cm³/mol. The molecule has 1 aromatic heterocycles. The average molecular weight is 838 g/mol. The summed E-state index contributed by atoms with van der Waals surface area (Å²) in [5.41, 5.74) is 22.5. The van der Waals surface area contributed by atoms with Crippen LogP contribution in [-0.2, 0) is 27.1 Å². The molecule has 1 spiro atoms. The fourth-order valence-electron chi connectivity index (χ4n) is 11.8. The van der Waals surface area contributed by atoms with Crippen molar-refractivity contribution >= 4 is 39.0 Å². The number of anilines is 3. The summed E-state index contributed by atoms with van der Waals surface area (Å²) >= 11 is 0. The molecule has 7 aromatic carbocycles. The summed E-state index contributed by atoms with van der Waals surface area (Å²) < 4.78 is 7.47. The second kappa shape index (κ2) is 13.8. The maximum absolute atomic E-state index is 7.47. The van der Waals surface area contributed by atoms with Crippen LogP contribution in [0.5, 0.6) is 0 Å². The van der Waals surface area contributed by atoms with Crippen LogP contribution < -0.4 is 4.90 Å². The molecule has 8 aromatic rings. The van der Waals surface area contributed by atoms with Gasteiger partial charge in [0.15, 0.2) is 5.58 Å². The molecule has 0 aliphatic heterocycles. The standard InChI is InChI=1S/C62H63NO/c1-58(2,3)40-24-22-38(23-25-40)39-32-48-49-34-41(59(4,5)6)35-54(60(7,8)9)56(49)64-57(48)55(33-39)63(42-26-28-46-44-18-12-14-20-50(44)61(10,11)52(46)36-42)43-27-29-47-45-19-13-15-21-51(45)62(53(47)37-43)30-16-17-31-62/h12-15,18-29,32-37H,16-17,30-31H2,1-11H3. The normalized spacial score (nSPS) is 16.0. The van der Waals surface area contributed by atoms with E-state index in [9.17, 15) is 0 Å². The van der Waals surface area contributed by atoms with Crippen molar-refractivity contribution in [3.05, 3.63) is 172 Å². The number of furan rings is 1. The van der Waals surface area contributed by atoms with E-state index >= 15 is 0 Å². The monoisotopic (exact) mass is 837 g/mol. The molecule has 64 heavy (non-hydrogen) atoms. The van der Waals surface area contributed by atoms with Gasteiger partial charge >= 0.3 is 0 Å². The van der Waals surface area contributed by atoms with Gasteiger partial charge in [-0.05, 0) is 138 Å². The van der Waals surface area contributed by atoms with Crippen molar-refractivity contribution in [1.29, 1.82) is 0 Å². The molecule has 0 saturated heterocycles. The average Bonchev–Trinajstić information content (AvgIpc) is 4.02. The molecule has 1 heterocycles. The first-order valence-electron chi connectivity index (χ1n) is 23.8. The van der Waals surface area contributed by atoms with E-state index in [0.717, 1.165) is 27.9 Å². The van der Waals surface area contributed by atoms with Gasteiger partial charge in [-0.2, -0.15) is 0 Å². The molecule has 11 rings (SSSR count). The van der Waals surface area contributed by atoms with E-state index in [4.69, 9.17) is 4.42 Å². The Bertz CT molecular complexity index is 3180. The molecule has 0 amide bonds. The largest absolute Gasteiger partial charge is 0.454 e. The van der Waals surface area contributed by atoms with E-state index in [1.165, 1.54) is 109 Å². The highest BCUT2D eigenvalue weighted by Crippen LogP contribution is 2.59. The number of fused-ring (bicyclic) bond motifs is 11. The Hall–Kier alpha value is -5.86. The second-order valence-electron chi connectivity index (χ2n) is 23.0. The molecular formula is C62H63NO. The summed E-state index contributed by atoms with van der Waals surface area (Å²) in [7, 11) is 0. The van der Waals surface area contributed by atoms with Crippen molar-refractivity contribution < 1.29 is 4.42 Å². The first kappa shape index (κ1) is 40.9. The van der Waals surface area contributed by atoms with Crippen LogP contribution in [-0.4, -0.2) is 0 Å². The van der Waals surface area contributed by atoms with Crippen molar-refractivity contribution in [1.82, 2.24) is 0 Å². The van der Waals surface area contributed by atoms with Gasteiger partial charge in [0.25, 0.3) is 0 Å². The van der Waals surface area contributed by atoms with Gasteiger partial charge in [0.05, 0.1) is 5.69 Å². The van der Waals surface area contributed by atoms with Crippen LogP contribution in [0.3, 0.4) is 0 Å². The lowest BCUT2D eigenvalue weighted by molar-refractivity contribution is 0.550. The van der Waals surface area contributed by atoms with E-state index in [2.05, 4.69) is 215 Å². The zero-order valence-corrected chi connectivity index (χ0v) is 39.9. The molecule has 0 atom stereocenters. The lowest BCUT2D eigenvalue weighted by Crippen LogP contribution is -2.21. The molecular weight excluding hydrogens is 775 g/mol. The molecule has 3 aliphatic carbocycles. The van der Waals surface area contributed by atoms with Crippen LogP contribution >= 0.6 is 0 Å². The Morgan fingerprint density at radius 3 is 1.62 bits per heavy atom. The van der Waals surface area contributed by atoms with Crippen LogP contribution in [0.2, 0.25) is 0 Å². The number of nitrogens with zero attached hydrogens (tertiary/aromatic N) is 1. The zero-order valence-electron chi connectivity index (χ0n) is 39.9. The van der Waals surface area contributed by atoms with Gasteiger partial charge in [0.2, 0.25) is 0 Å². The number of rotatable bonds is 4. The van der Waals surface area contributed by atoms with Crippen molar-refractivity contribution in [3.8, 4) is 33.4 Å². The molecule has 322 valence electrons. The molecule has 0 unspecified atom stereocenters. The van der Waals surface area contributed by atoms with Gasteiger partial charge in [-0.1, -0.05) is 180 Å². The minimum Gasteiger partial charge on any atom is -0.454 e. The van der Waals surface area contributed by atoms with Crippen molar-refractivity contribution in [2.75, 3.05) is 4.90 Å². The number of hydrogen-bond donors (Lipinski definition) is 0. The van der Waals surface area contributed by atoms with Gasteiger partial charge in [0, 0.05) is 38.5 Å². The summed E-state index contributed by atoms with van der Waals surface area (Å²) in [6.45, 7) is 25.6. The topological polar surface area (TPSA) is 16.4 Å². The van der Waals surface area contributed by atoms with E-state index in [1.54, 1.807) is 0 Å². The zero-order chi connectivity index (χ0) is 44.7. The summed E-state index contributed by atoms with van der Waals surface area (Å²) in [6.07, 6.45) is 4.88. The van der Waals surface area contributed by atoms with Crippen LogP contribution in [0.4, 0.5) is 17.1 Å². The molecule has 1 saturated carbocycles. The molecule has 0 radical (unpaired) electrons. The third-order valence-corrected chi connectivity index (χ3v) is 15.4. The predicted octanol–water partition coefficient (Wildman–Crippen LogP) is 17.8. The van der Waals surface area contributed by atoms with E-state index in [0.29, 0.717) is 0 Å². The second-order valence-corrected chi connectivity index (χ2v) is 23.0. The fourth-order valence-corrected chi connectivity index (χ4v) is 11.8. The SMILES string of the molecule is CC(C)(C)c1ccc(-c2cc(N(c3ccc4c(c3)C(C)(C)c3ccccc3-4)c3ccc4c(c3)C3(CCCC3)c3ccccc3-4)c3oc4c(C(C)(C)C)cc(C(C)(C)C)cc4c3c2)cc1. The van der Waals surface area contributed by atoms with Crippen molar-refractivity contribution in [2.24, 2.45) is 0 Å². The molecule has 0 N–H and O–H groups in total. The lowest BCUT2D eigenvalue weighted by Gasteiger charge is -2.31. The highest BCUT2D eigenvalue weighted by Gasteiger charge is 2.45. The smallest absolute Gasteiger partial charge is 0.159 e. The van der Waals surface area contributed by atoms with Crippen molar-refractivity contribution in [2.45, 2.75) is 129 Å². The van der Waals surface area contributed by atoms with Gasteiger partial charge in [0.1, 0.15) is 5.58 Å². The minimum atomic E-state index is -0.155. The Morgan fingerprint density at radius 2 is 1.00 bits per heavy atom. The molecule has 2 heteroatoms. The first-order chi connectivity index (χ1) is 30.3. The third kappa shape index (κ3) is 6.11. The maximum Gasteiger partial charge on any atom is 0.159 e. The Kier molecular flexibility index (Phi) is 8.83. The first-order valence-corrected chi connectivity index (χ1v) is 23.8. The van der Waals surface area contributed by atoms with Gasteiger partial charge in [-0.3, -0.25) is 0 Å². The van der Waals surface area contributed by atoms with Crippen LogP contribution in [0.15, 0.2) is 138 Å². The van der Waals surface area contributed by atoms with Gasteiger partial charge < -0.3 is 9.32 Å². The summed E-state index contributed by atoms with van der Waals surface area (Å²) in [5, 5.41) is 2.33. The summed E-state index contributed by atoms with van der Waals surface area (Å²) in [4.78, 5) is 2.55. The minimum absolute atomic E-state index is 0.0332. The van der Waals surface area contributed by atoms with Crippen LogP contribution in [0.25, 0.3) is 55.3 Å². The van der Waals surface area contributed by atoms with E-state index < -0.39 is 0 Å². The van der Waals surface area contributed by atoms with E-state index in [1.807, 2.05) is 0 Å². The fraction of sp³-hybridized carbons (Fsp3) is 0.323. The quantitative estimate of drug-likeness (QED) is 0.176. The number of benzene rings is 7. The van der Waals surface area contributed by atoms with Crippen LogP contribution in [0.1, 0.15) is 141 Å². The Morgan fingerprint density at radius 1 is 0.453 bits per heavy atom. The number of hydrogen-bond acceptors (Lipinski definition) is 2. The van der Waals surface area contributed by atoms with Gasteiger partial charge in [-0.25, -0.2) is 0 Å². The third-order valence-electron chi connectivity index (χ3n) is 15.4. The molecule has 1 fully saturated rings. The van der Waals surface area contributed by atoms with E-state index in [-0.39, 0.29) is 27.1 Å². The Labute approximate surface area is 381 Å². The van der Waals surface area contributed by atoms with Crippen molar-refractivity contribution in [3.63, 3.8) is 0 Å². The highest BCUT2D eigenvalue weighted by molar-refractivity contribution is 6.13. The molecule has 0 bridgehead atoms. The van der Waals surface area contributed by atoms with Gasteiger partial charge in [-0.15, -0.1) is 0 Å². The Balaban J connectivity index is 1.24. The molecule has 2 nitrogen and oxygen atoms in total. The summed E-state index contributed by atoms with van der Waals surface area (Å²) in [6, 6.07) is 51.7.